The number of benzene rings is 1. The van der Waals surface area contributed by atoms with Gasteiger partial charge in [-0.3, -0.25) is 4.79 Å². The van der Waals surface area contributed by atoms with Crippen molar-refractivity contribution < 1.29 is 4.79 Å². The Morgan fingerprint density at radius 1 is 1.25 bits per heavy atom. The number of carbonyl (C=O) groups is 1. The minimum absolute atomic E-state index is 0.0428. The van der Waals surface area contributed by atoms with Gasteiger partial charge in [0.1, 0.15) is 0 Å². The molecule has 3 nitrogen and oxygen atoms in total. The Morgan fingerprint density at radius 3 is 2.45 bits per heavy atom. The number of hydrogen-bond acceptors (Lipinski definition) is 2. The Balaban J connectivity index is 2.55. The largest absolute Gasteiger partial charge is 0.350 e. The highest BCUT2D eigenvalue weighted by Gasteiger charge is 2.16. The maximum absolute atomic E-state index is 12.1. The molecule has 0 saturated carbocycles. The third-order valence-electron chi connectivity index (χ3n) is 3.64. The molecule has 112 valence electrons. The van der Waals surface area contributed by atoms with Crippen LogP contribution in [-0.4, -0.2) is 12.5 Å². The average Bonchev–Trinajstić information content (AvgIpc) is 2.37. The van der Waals surface area contributed by atoms with E-state index < -0.39 is 0 Å². The minimum atomic E-state index is 0.0428. The lowest BCUT2D eigenvalue weighted by Gasteiger charge is -2.20. The molecular weight excluding hydrogens is 248 g/mol. The van der Waals surface area contributed by atoms with E-state index >= 15 is 0 Å². The highest BCUT2D eigenvalue weighted by Crippen LogP contribution is 2.18. The van der Waals surface area contributed by atoms with Gasteiger partial charge >= 0.3 is 0 Å². The van der Waals surface area contributed by atoms with E-state index in [0.717, 1.165) is 6.42 Å². The first-order chi connectivity index (χ1) is 9.43. The first-order valence-corrected chi connectivity index (χ1v) is 7.49. The Bertz CT molecular complexity index is 429. The van der Waals surface area contributed by atoms with Crippen LogP contribution in [0.1, 0.15) is 50.8 Å². The molecule has 1 rings (SSSR count). The molecule has 0 aliphatic rings. The average molecular weight is 276 g/mol. The smallest absolute Gasteiger partial charge is 0.220 e. The Kier molecular flexibility index (Phi) is 6.73. The van der Waals surface area contributed by atoms with Crippen LogP contribution in [0.15, 0.2) is 24.3 Å². The summed E-state index contributed by atoms with van der Waals surface area (Å²) < 4.78 is 0. The third-order valence-corrected chi connectivity index (χ3v) is 3.64. The van der Waals surface area contributed by atoms with Crippen molar-refractivity contribution in [2.24, 2.45) is 17.6 Å². The summed E-state index contributed by atoms with van der Waals surface area (Å²) in [6, 6.07) is 8.20. The lowest BCUT2D eigenvalue weighted by Crippen LogP contribution is -2.31. The normalized spacial score (nSPS) is 14.1. The predicted octanol–water partition coefficient (Wildman–Crippen LogP) is 3.18. The fraction of sp³-hybridized carbons (Fsp3) is 0.588. The zero-order valence-corrected chi connectivity index (χ0v) is 13.1. The molecular formula is C17H28N2O. The van der Waals surface area contributed by atoms with Gasteiger partial charge in [-0.15, -0.1) is 0 Å². The minimum Gasteiger partial charge on any atom is -0.350 e. The highest BCUT2D eigenvalue weighted by molar-refractivity contribution is 5.76. The number of amides is 1. The van der Waals surface area contributed by atoms with E-state index in [9.17, 15) is 4.79 Å². The lowest BCUT2D eigenvalue weighted by molar-refractivity contribution is -0.122. The summed E-state index contributed by atoms with van der Waals surface area (Å²) in [5.41, 5.74) is 8.14. The third kappa shape index (κ3) is 5.33. The van der Waals surface area contributed by atoms with Gasteiger partial charge in [0.25, 0.3) is 0 Å². The second-order valence-corrected chi connectivity index (χ2v) is 6.08. The van der Waals surface area contributed by atoms with E-state index in [2.05, 4.69) is 38.2 Å². The molecule has 0 heterocycles. The van der Waals surface area contributed by atoms with Gasteiger partial charge < -0.3 is 11.1 Å². The van der Waals surface area contributed by atoms with Gasteiger partial charge in [0.15, 0.2) is 0 Å². The zero-order chi connectivity index (χ0) is 15.1. The van der Waals surface area contributed by atoms with Crippen molar-refractivity contribution in [2.45, 2.75) is 46.6 Å². The van der Waals surface area contributed by atoms with Crippen LogP contribution < -0.4 is 11.1 Å². The summed E-state index contributed by atoms with van der Waals surface area (Å²) in [5.74, 6) is 0.945. The highest BCUT2D eigenvalue weighted by atomic mass is 16.1. The van der Waals surface area contributed by atoms with Crippen molar-refractivity contribution >= 4 is 5.91 Å². The summed E-state index contributed by atoms with van der Waals surface area (Å²) >= 11 is 0. The fourth-order valence-electron chi connectivity index (χ4n) is 2.64. The monoisotopic (exact) mass is 276 g/mol. The number of rotatable bonds is 7. The molecule has 1 unspecified atom stereocenters. The molecule has 1 aromatic rings. The van der Waals surface area contributed by atoms with Gasteiger partial charge in [-0.05, 0) is 49.8 Å². The van der Waals surface area contributed by atoms with Crippen molar-refractivity contribution in [1.29, 1.82) is 0 Å². The van der Waals surface area contributed by atoms with Crippen LogP contribution in [-0.2, 0) is 4.79 Å². The Labute approximate surface area is 122 Å². The molecule has 0 spiro atoms. The van der Waals surface area contributed by atoms with Crippen molar-refractivity contribution in [1.82, 2.24) is 5.32 Å². The van der Waals surface area contributed by atoms with Gasteiger partial charge in [-0.1, -0.05) is 38.1 Å². The summed E-state index contributed by atoms with van der Waals surface area (Å²) in [6.45, 7) is 9.00. The van der Waals surface area contributed by atoms with Gasteiger partial charge in [0.2, 0.25) is 5.91 Å². The van der Waals surface area contributed by atoms with Crippen molar-refractivity contribution in [3.63, 3.8) is 0 Å². The van der Waals surface area contributed by atoms with Crippen LogP contribution in [0.2, 0.25) is 0 Å². The van der Waals surface area contributed by atoms with E-state index in [1.54, 1.807) is 0 Å². The van der Waals surface area contributed by atoms with Gasteiger partial charge in [0.05, 0.1) is 6.04 Å². The zero-order valence-electron chi connectivity index (χ0n) is 13.1. The van der Waals surface area contributed by atoms with Crippen LogP contribution in [0.4, 0.5) is 0 Å². The Hall–Kier alpha value is -1.35. The summed E-state index contributed by atoms with van der Waals surface area (Å²) in [6.07, 6.45) is 1.52. The molecule has 1 aromatic carbocycles. The van der Waals surface area contributed by atoms with Gasteiger partial charge in [0, 0.05) is 6.42 Å². The second-order valence-electron chi connectivity index (χ2n) is 6.08. The van der Waals surface area contributed by atoms with Crippen molar-refractivity contribution in [2.75, 3.05) is 6.54 Å². The molecule has 3 N–H and O–H groups in total. The maximum Gasteiger partial charge on any atom is 0.220 e. The number of carbonyl (C=O) groups excluding carboxylic acids is 1. The van der Waals surface area contributed by atoms with Crippen molar-refractivity contribution in [3.05, 3.63) is 35.4 Å². The Morgan fingerprint density at radius 2 is 1.90 bits per heavy atom. The molecule has 0 bridgehead atoms. The predicted molar refractivity (Wildman–Crippen MR) is 84.4 cm³/mol. The molecule has 0 radical (unpaired) electrons. The second kappa shape index (κ2) is 8.05. The first kappa shape index (κ1) is 16.7. The molecule has 0 aliphatic carbocycles. The lowest BCUT2D eigenvalue weighted by atomic mass is 9.93. The summed E-state index contributed by atoms with van der Waals surface area (Å²) in [4.78, 5) is 12.1. The van der Waals surface area contributed by atoms with E-state index in [1.165, 1.54) is 11.1 Å². The molecule has 0 saturated heterocycles. The molecule has 20 heavy (non-hydrogen) atoms. The fourth-order valence-corrected chi connectivity index (χ4v) is 2.64. The standard InChI is InChI=1S/C17H28N2O/c1-12(2)9-15(11-18)10-17(20)19-14(4)16-8-6-5-7-13(16)3/h5-8,12,14-15H,9-11,18H2,1-4H3,(H,19,20)/t14-,15?/m1/s1. The molecule has 2 atom stereocenters. The van der Waals surface area contributed by atoms with Gasteiger partial charge in [-0.25, -0.2) is 0 Å². The quantitative estimate of drug-likeness (QED) is 0.803. The van der Waals surface area contributed by atoms with Crippen LogP contribution in [0.5, 0.6) is 0 Å². The van der Waals surface area contributed by atoms with Crippen molar-refractivity contribution in [3.8, 4) is 0 Å². The number of nitrogens with one attached hydrogen (secondary N) is 1. The first-order valence-electron chi connectivity index (χ1n) is 7.49. The molecule has 0 fully saturated rings. The maximum atomic E-state index is 12.1. The summed E-state index contributed by atoms with van der Waals surface area (Å²) in [5, 5.41) is 3.08. The number of nitrogens with two attached hydrogens (primary N) is 1. The topological polar surface area (TPSA) is 55.1 Å². The molecule has 1 amide bonds. The number of aryl methyl sites for hydroxylation is 1. The molecule has 3 heteroatoms. The van der Waals surface area contributed by atoms with E-state index in [4.69, 9.17) is 5.73 Å². The van der Waals surface area contributed by atoms with E-state index in [0.29, 0.717) is 18.9 Å². The van der Waals surface area contributed by atoms with Crippen LogP contribution in [0, 0.1) is 18.8 Å². The van der Waals surface area contributed by atoms with Gasteiger partial charge in [-0.2, -0.15) is 0 Å². The molecule has 0 aromatic heterocycles. The van der Waals surface area contributed by atoms with E-state index in [-0.39, 0.29) is 17.9 Å². The molecule has 0 aliphatic heterocycles. The summed E-state index contributed by atoms with van der Waals surface area (Å²) in [7, 11) is 0. The van der Waals surface area contributed by atoms with Crippen LogP contribution in [0.25, 0.3) is 0 Å². The van der Waals surface area contributed by atoms with E-state index in [1.807, 2.05) is 19.1 Å². The number of hydrogen-bond donors (Lipinski definition) is 2. The SMILES string of the molecule is Cc1ccccc1[C@@H](C)NC(=O)CC(CN)CC(C)C. The van der Waals surface area contributed by atoms with Crippen LogP contribution in [0.3, 0.4) is 0 Å². The van der Waals surface area contributed by atoms with Crippen LogP contribution >= 0.6 is 0 Å².